The molecule has 8 heteroatoms. The lowest BCUT2D eigenvalue weighted by molar-refractivity contribution is -0.139. The highest BCUT2D eigenvalue weighted by Crippen LogP contribution is 2.34. The normalized spacial score (nSPS) is 25.5. The van der Waals surface area contributed by atoms with Gasteiger partial charge in [0.1, 0.15) is 12.2 Å². The Hall–Kier alpha value is -3.10. The molecule has 4 atom stereocenters. The number of nitrogens with one attached hydrogen (secondary N) is 3. The number of hydrogen-bond acceptors (Lipinski definition) is 6. The summed E-state index contributed by atoms with van der Waals surface area (Å²) in [5, 5.41) is 9.78. The van der Waals surface area contributed by atoms with Crippen molar-refractivity contribution < 1.29 is 14.3 Å². The van der Waals surface area contributed by atoms with Gasteiger partial charge in [-0.15, -0.1) is 0 Å². The molecule has 0 aromatic heterocycles. The van der Waals surface area contributed by atoms with Crippen LogP contribution in [0.3, 0.4) is 0 Å². The monoisotopic (exact) mass is 491 g/mol. The Labute approximate surface area is 213 Å². The highest BCUT2D eigenvalue weighted by atomic mass is 16.5. The fourth-order valence-electron chi connectivity index (χ4n) is 5.65. The van der Waals surface area contributed by atoms with Gasteiger partial charge in [0.05, 0.1) is 17.8 Å². The van der Waals surface area contributed by atoms with Gasteiger partial charge in [0.2, 0.25) is 11.8 Å². The van der Waals surface area contributed by atoms with Gasteiger partial charge in [-0.25, -0.2) is 0 Å². The van der Waals surface area contributed by atoms with E-state index in [1.807, 2.05) is 17.9 Å². The second kappa shape index (κ2) is 10.9. The van der Waals surface area contributed by atoms with E-state index in [2.05, 4.69) is 69.7 Å². The average molecular weight is 492 g/mol. The number of amides is 2. The SMILES string of the molecule is CN[C@@H](C)C(=O)NC(C(=O)N1CCCC1C1=CN2C=CC=C(c3ccccc3)C2N1)C1CCOCC1. The number of carbonyl (C=O) groups excluding carboxylic acids is 2. The van der Waals surface area contributed by atoms with Gasteiger partial charge in [0.25, 0.3) is 0 Å². The molecule has 2 fully saturated rings. The zero-order chi connectivity index (χ0) is 25.1. The Bertz CT molecular complexity index is 1050. The molecule has 0 bridgehead atoms. The molecule has 8 nitrogen and oxygen atoms in total. The van der Waals surface area contributed by atoms with Crippen LogP contribution in [0.5, 0.6) is 0 Å². The summed E-state index contributed by atoms with van der Waals surface area (Å²) in [5.41, 5.74) is 3.44. The number of hydrogen-bond donors (Lipinski definition) is 3. The van der Waals surface area contributed by atoms with Gasteiger partial charge in [-0.2, -0.15) is 0 Å². The second-order valence-corrected chi connectivity index (χ2v) is 10.0. The lowest BCUT2D eigenvalue weighted by atomic mass is 9.90. The van der Waals surface area contributed by atoms with Gasteiger partial charge in [-0.05, 0) is 57.2 Å². The van der Waals surface area contributed by atoms with Crippen molar-refractivity contribution in [2.45, 2.75) is 56.9 Å². The summed E-state index contributed by atoms with van der Waals surface area (Å²) in [6.07, 6.45) is 11.8. The van der Waals surface area contributed by atoms with Crippen molar-refractivity contribution in [3.8, 4) is 0 Å². The van der Waals surface area contributed by atoms with Crippen LogP contribution in [0.15, 0.2) is 60.6 Å². The van der Waals surface area contributed by atoms with Crippen molar-refractivity contribution in [1.82, 2.24) is 25.8 Å². The fraction of sp³-hybridized carbons (Fsp3) is 0.500. The lowest BCUT2D eigenvalue weighted by Crippen LogP contribution is -2.57. The van der Waals surface area contributed by atoms with Gasteiger partial charge in [-0.3, -0.25) is 9.59 Å². The second-order valence-electron chi connectivity index (χ2n) is 10.0. The van der Waals surface area contributed by atoms with Gasteiger partial charge in [-0.1, -0.05) is 36.4 Å². The third kappa shape index (κ3) is 4.92. The maximum absolute atomic E-state index is 14.0. The molecule has 0 aliphatic carbocycles. The molecule has 4 heterocycles. The van der Waals surface area contributed by atoms with E-state index < -0.39 is 6.04 Å². The number of fused-ring (bicyclic) bond motifs is 1. The number of allylic oxidation sites excluding steroid dienone is 2. The number of likely N-dealkylation sites (N-methyl/N-ethyl adjacent to an activating group) is 1. The number of likely N-dealkylation sites (tertiary alicyclic amines) is 1. The van der Waals surface area contributed by atoms with Gasteiger partial charge >= 0.3 is 0 Å². The lowest BCUT2D eigenvalue weighted by Gasteiger charge is -2.36. The third-order valence-electron chi connectivity index (χ3n) is 7.85. The molecule has 3 unspecified atom stereocenters. The molecule has 4 aliphatic rings. The van der Waals surface area contributed by atoms with Crippen LogP contribution in [-0.2, 0) is 14.3 Å². The van der Waals surface area contributed by atoms with Crippen LogP contribution in [0, 0.1) is 5.92 Å². The van der Waals surface area contributed by atoms with E-state index in [0.29, 0.717) is 19.8 Å². The van der Waals surface area contributed by atoms with Crippen LogP contribution in [0.4, 0.5) is 0 Å². The number of nitrogens with zero attached hydrogens (tertiary/aromatic N) is 2. The van der Waals surface area contributed by atoms with Gasteiger partial charge < -0.3 is 30.5 Å². The molecule has 4 aliphatic heterocycles. The first-order chi connectivity index (χ1) is 17.6. The summed E-state index contributed by atoms with van der Waals surface area (Å²) in [6, 6.07) is 9.46. The predicted molar refractivity (Wildman–Crippen MR) is 139 cm³/mol. The Morgan fingerprint density at radius 2 is 1.92 bits per heavy atom. The standard InChI is InChI=1S/C28H37N5O3/c1-19(29-2)27(34)31-25(21-12-16-36-17-13-21)28(35)33-15-7-11-24(33)23-18-32-14-6-10-22(26(32)30-23)20-8-4-3-5-9-20/h3-6,8-10,14,18-19,21,24-26,29-30H,7,11-13,15-17H2,1-2H3,(H,31,34)/t19-,24?,25?,26?/m0/s1. The van der Waals surface area contributed by atoms with Crippen LogP contribution < -0.4 is 16.0 Å². The Kier molecular flexibility index (Phi) is 7.43. The minimum absolute atomic E-state index is 0.00687. The van der Waals surface area contributed by atoms with Crippen molar-refractivity contribution >= 4 is 17.4 Å². The van der Waals surface area contributed by atoms with Crippen molar-refractivity contribution in [2.75, 3.05) is 26.8 Å². The zero-order valence-electron chi connectivity index (χ0n) is 21.2. The van der Waals surface area contributed by atoms with Crippen molar-refractivity contribution in [1.29, 1.82) is 0 Å². The molecule has 192 valence electrons. The molecule has 0 saturated carbocycles. The van der Waals surface area contributed by atoms with Crippen LogP contribution >= 0.6 is 0 Å². The summed E-state index contributed by atoms with van der Waals surface area (Å²) >= 11 is 0. The molecule has 3 N–H and O–H groups in total. The Morgan fingerprint density at radius 1 is 1.14 bits per heavy atom. The van der Waals surface area contributed by atoms with E-state index in [4.69, 9.17) is 4.74 Å². The Balaban J connectivity index is 1.34. The molecule has 5 rings (SSSR count). The van der Waals surface area contributed by atoms with Crippen molar-refractivity contribution in [3.63, 3.8) is 0 Å². The summed E-state index contributed by atoms with van der Waals surface area (Å²) in [5.74, 6) is -0.0490. The molecule has 2 amide bonds. The van der Waals surface area contributed by atoms with E-state index >= 15 is 0 Å². The number of ether oxygens (including phenoxy) is 1. The third-order valence-corrected chi connectivity index (χ3v) is 7.85. The average Bonchev–Trinajstić information content (AvgIpc) is 3.59. The molecule has 0 spiro atoms. The molecule has 2 saturated heterocycles. The fourth-order valence-corrected chi connectivity index (χ4v) is 5.65. The van der Waals surface area contributed by atoms with E-state index in [0.717, 1.165) is 31.4 Å². The van der Waals surface area contributed by atoms with Crippen molar-refractivity contribution in [2.24, 2.45) is 5.92 Å². The van der Waals surface area contributed by atoms with Crippen molar-refractivity contribution in [3.05, 3.63) is 66.1 Å². The first-order valence-corrected chi connectivity index (χ1v) is 13.1. The molecule has 1 aromatic rings. The van der Waals surface area contributed by atoms with Gasteiger partial charge in [0.15, 0.2) is 0 Å². The van der Waals surface area contributed by atoms with E-state index in [1.165, 1.54) is 11.1 Å². The summed E-state index contributed by atoms with van der Waals surface area (Å²) in [4.78, 5) is 31.0. The maximum atomic E-state index is 14.0. The molecule has 0 radical (unpaired) electrons. The first kappa shape index (κ1) is 24.6. The predicted octanol–water partition coefficient (Wildman–Crippen LogP) is 2.18. The number of carbonyl (C=O) groups is 2. The minimum Gasteiger partial charge on any atom is -0.381 e. The highest BCUT2D eigenvalue weighted by Gasteiger charge is 2.42. The highest BCUT2D eigenvalue weighted by molar-refractivity contribution is 5.90. The topological polar surface area (TPSA) is 85.9 Å². The minimum atomic E-state index is -0.540. The maximum Gasteiger partial charge on any atom is 0.246 e. The molecule has 1 aromatic carbocycles. The summed E-state index contributed by atoms with van der Waals surface area (Å²) in [6.45, 7) is 3.76. The Morgan fingerprint density at radius 3 is 2.67 bits per heavy atom. The molecular formula is C28H37N5O3. The quantitative estimate of drug-likeness (QED) is 0.542. The molecular weight excluding hydrogens is 454 g/mol. The zero-order valence-corrected chi connectivity index (χ0v) is 21.2. The van der Waals surface area contributed by atoms with Crippen LogP contribution in [0.2, 0.25) is 0 Å². The van der Waals surface area contributed by atoms with E-state index in [1.54, 1.807) is 7.05 Å². The summed E-state index contributed by atoms with van der Waals surface area (Å²) < 4.78 is 5.55. The first-order valence-electron chi connectivity index (χ1n) is 13.1. The van der Waals surface area contributed by atoms with E-state index in [-0.39, 0.29) is 36.0 Å². The number of rotatable bonds is 7. The van der Waals surface area contributed by atoms with Crippen LogP contribution in [0.1, 0.15) is 38.2 Å². The smallest absolute Gasteiger partial charge is 0.246 e. The summed E-state index contributed by atoms with van der Waals surface area (Å²) in [7, 11) is 1.76. The van der Waals surface area contributed by atoms with Crippen LogP contribution in [0.25, 0.3) is 5.57 Å². The van der Waals surface area contributed by atoms with Crippen LogP contribution in [-0.4, -0.2) is 72.7 Å². The molecule has 36 heavy (non-hydrogen) atoms. The largest absolute Gasteiger partial charge is 0.381 e. The van der Waals surface area contributed by atoms with Gasteiger partial charge in [0, 0.05) is 37.7 Å². The van der Waals surface area contributed by atoms with E-state index in [9.17, 15) is 9.59 Å². The number of benzene rings is 1.